The molecule has 65 heavy (non-hydrogen) atoms. The average Bonchev–Trinajstić information content (AvgIpc) is 3.98. The Morgan fingerprint density at radius 1 is 0.738 bits per heavy atom. The van der Waals surface area contributed by atoms with Crippen LogP contribution in [0.4, 0.5) is 37.5 Å². The van der Waals surface area contributed by atoms with Gasteiger partial charge in [-0.15, -0.1) is 0 Å². The molecule has 3 atom stereocenters. The zero-order chi connectivity index (χ0) is 46.3. The van der Waals surface area contributed by atoms with Gasteiger partial charge in [-0.25, -0.2) is 38.3 Å². The van der Waals surface area contributed by atoms with Crippen LogP contribution in [0.15, 0.2) is 58.9 Å². The molecule has 0 amide bonds. The van der Waals surface area contributed by atoms with Gasteiger partial charge in [-0.05, 0) is 56.8 Å². The van der Waals surface area contributed by atoms with E-state index in [1.54, 1.807) is 9.13 Å². The number of pyridine rings is 2. The highest BCUT2D eigenvalue weighted by Crippen LogP contribution is 2.42. The summed E-state index contributed by atoms with van der Waals surface area (Å²) in [5.41, 5.74) is 11.0. The van der Waals surface area contributed by atoms with Crippen LogP contribution in [0.2, 0.25) is 5.28 Å². The molecule has 10 rings (SSSR count). The fourth-order valence-electron chi connectivity index (χ4n) is 8.38. The normalized spacial score (nSPS) is 18.5. The monoisotopic (exact) mass is 915 g/mol. The fraction of sp³-hybridized carbons (Fsp3) is 0.349. The van der Waals surface area contributed by atoms with Gasteiger partial charge in [0.1, 0.15) is 35.7 Å². The van der Waals surface area contributed by atoms with Gasteiger partial charge in [0.2, 0.25) is 22.1 Å². The van der Waals surface area contributed by atoms with Crippen molar-refractivity contribution in [1.82, 2.24) is 29.1 Å². The number of anilines is 5. The Morgan fingerprint density at radius 3 is 1.63 bits per heavy atom. The summed E-state index contributed by atoms with van der Waals surface area (Å²) in [5, 5.41) is 25.4. The van der Waals surface area contributed by atoms with Crippen molar-refractivity contribution in [1.29, 1.82) is 0 Å². The number of hydrogen-bond donors (Lipinski definition) is 6. The van der Waals surface area contributed by atoms with Gasteiger partial charge in [-0.1, -0.05) is 12.8 Å². The van der Waals surface area contributed by atoms with E-state index in [0.717, 1.165) is 37.8 Å². The van der Waals surface area contributed by atoms with Gasteiger partial charge in [0.25, 0.3) is 0 Å². The van der Waals surface area contributed by atoms with E-state index in [9.17, 15) is 33.8 Å². The first-order valence-electron chi connectivity index (χ1n) is 20.7. The van der Waals surface area contributed by atoms with Gasteiger partial charge >= 0.3 is 11.9 Å². The van der Waals surface area contributed by atoms with E-state index in [4.69, 9.17) is 32.5 Å². The first-order chi connectivity index (χ1) is 31.1. The average molecular weight is 916 g/mol. The quantitative estimate of drug-likeness (QED) is 0.105. The maximum atomic E-state index is 15.2. The maximum absolute atomic E-state index is 15.2. The van der Waals surface area contributed by atoms with Crippen LogP contribution in [-0.2, 0) is 0 Å². The molecule has 0 spiro atoms. The number of nitrogens with zero attached hydrogens (tertiary/aromatic N) is 7. The number of nitrogens with one attached hydrogen (secondary N) is 2. The third-order valence-corrected chi connectivity index (χ3v) is 11.8. The lowest BCUT2D eigenvalue weighted by Crippen LogP contribution is -2.30. The number of carbonyl (C=O) groups is 2. The van der Waals surface area contributed by atoms with Crippen molar-refractivity contribution in [3.63, 3.8) is 0 Å². The highest BCUT2D eigenvalue weighted by atomic mass is 35.5. The number of benzene rings is 2. The highest BCUT2D eigenvalue weighted by molar-refractivity contribution is 6.28. The third kappa shape index (κ3) is 8.82. The number of nitrogens with two attached hydrogens (primary N) is 2. The minimum absolute atomic E-state index is 0.0159. The molecule has 19 nitrogen and oxygen atoms in total. The van der Waals surface area contributed by atoms with Gasteiger partial charge in [0.15, 0.2) is 23.1 Å². The Morgan fingerprint density at radius 2 is 1.18 bits per heavy atom. The van der Waals surface area contributed by atoms with E-state index in [-0.39, 0.29) is 76.1 Å². The summed E-state index contributed by atoms with van der Waals surface area (Å²) < 4.78 is 44.9. The SMILES string of the molecule is C[C@H]1COc2c(NC3CCCC3)c(F)cc3c(=O)c(C(=O)O)cn1c23.C[C@H]1COc2c(N[C@@H]3CCN(c4ncc(N)cn4)C3)c(F)cc3c(=O)c(C(=O)O)cn1c23.Nc1cnc(Cl)nc1. The van der Waals surface area contributed by atoms with E-state index in [1.165, 1.54) is 37.2 Å². The van der Waals surface area contributed by atoms with Crippen LogP contribution in [0.5, 0.6) is 11.5 Å². The lowest BCUT2D eigenvalue weighted by atomic mass is 10.1. The van der Waals surface area contributed by atoms with E-state index < -0.39 is 40.0 Å². The Hall–Kier alpha value is -7.29. The molecule has 1 saturated carbocycles. The van der Waals surface area contributed by atoms with Gasteiger partial charge in [0.05, 0.1) is 70.1 Å². The molecule has 4 aliphatic rings. The van der Waals surface area contributed by atoms with E-state index in [0.29, 0.717) is 53.6 Å². The second kappa shape index (κ2) is 18.1. The molecule has 8 N–H and O–H groups in total. The summed E-state index contributed by atoms with van der Waals surface area (Å²) in [5.74, 6) is -2.86. The second-order valence-electron chi connectivity index (χ2n) is 16.2. The number of carboxylic acid groups (broad SMARTS) is 2. The predicted molar refractivity (Wildman–Crippen MR) is 239 cm³/mol. The Labute approximate surface area is 373 Å². The topological polar surface area (TPSA) is 268 Å². The Balaban J connectivity index is 0.000000155. The second-order valence-corrected chi connectivity index (χ2v) is 16.5. The molecule has 0 radical (unpaired) electrons. The molecule has 0 unspecified atom stereocenters. The molecule has 0 bridgehead atoms. The van der Waals surface area contributed by atoms with Crippen molar-refractivity contribution < 1.29 is 38.1 Å². The van der Waals surface area contributed by atoms with Gasteiger partial charge in [-0.2, -0.15) is 0 Å². The highest BCUT2D eigenvalue weighted by Gasteiger charge is 2.32. The fourth-order valence-corrected chi connectivity index (χ4v) is 8.48. The number of carboxylic acids is 2. The van der Waals surface area contributed by atoms with Crippen molar-refractivity contribution in [2.24, 2.45) is 0 Å². The molecule has 22 heteroatoms. The van der Waals surface area contributed by atoms with Crippen LogP contribution < -0.4 is 47.3 Å². The molecule has 2 fully saturated rings. The minimum atomic E-state index is -1.35. The number of nitrogen functional groups attached to an aromatic ring is 2. The van der Waals surface area contributed by atoms with Gasteiger partial charge in [0, 0.05) is 37.6 Å². The first kappa shape index (κ1) is 44.3. The van der Waals surface area contributed by atoms with Gasteiger partial charge < -0.3 is 55.8 Å². The summed E-state index contributed by atoms with van der Waals surface area (Å²) in [4.78, 5) is 65.7. The standard InChI is InChI=1S/C21H21FN6O4.C18H19FN2O4.C4H4ClN3/c1-10-9-32-19-16(26-12-2-3-27(7-12)21-24-5-11(23)6-25-21)15(22)4-13-17(19)28(10)8-14(18(13)29)20(30)31;1-9-8-25-17-14(20-10-4-2-3-5-10)13(19)6-11-15(17)21(9)7-12(16(11)22)18(23)24;5-4-7-1-3(6)2-8-4/h4-6,8,10,12,26H,2-3,7,9,23H2,1H3,(H,30,31);6-7,9-10,20H,2-5,8H2,1H3,(H,23,24);1-2H,6H2/t10-,12+;9-;/m00./s1. The van der Waals surface area contributed by atoms with Gasteiger partial charge in [-0.3, -0.25) is 9.59 Å². The molecule has 2 aromatic carbocycles. The molecule has 340 valence electrons. The van der Waals surface area contributed by atoms with E-state index >= 15 is 4.39 Å². The molecule has 4 aromatic heterocycles. The Bertz CT molecular complexity index is 2930. The summed E-state index contributed by atoms with van der Waals surface area (Å²) in [6, 6.07) is 1.92. The van der Waals surface area contributed by atoms with Crippen molar-refractivity contribution in [3.05, 3.63) is 97.8 Å². The first-order valence-corrected chi connectivity index (χ1v) is 21.1. The van der Waals surface area contributed by atoms with E-state index in [1.807, 2.05) is 18.7 Å². The van der Waals surface area contributed by atoms with Crippen LogP contribution in [0.1, 0.15) is 78.8 Å². The smallest absolute Gasteiger partial charge is 0.341 e. The van der Waals surface area contributed by atoms with Crippen LogP contribution in [0.3, 0.4) is 0 Å². The van der Waals surface area contributed by atoms with Crippen molar-refractivity contribution in [2.75, 3.05) is 53.3 Å². The van der Waals surface area contributed by atoms with Crippen molar-refractivity contribution in [3.8, 4) is 11.5 Å². The summed E-state index contributed by atoms with van der Waals surface area (Å²) in [6.45, 7) is 5.44. The largest absolute Gasteiger partial charge is 0.487 e. The molecule has 1 aliphatic carbocycles. The number of aromatic carboxylic acids is 2. The Kier molecular flexibility index (Phi) is 12.3. The zero-order valence-corrected chi connectivity index (χ0v) is 35.8. The summed E-state index contributed by atoms with van der Waals surface area (Å²) in [7, 11) is 0. The third-order valence-electron chi connectivity index (χ3n) is 11.6. The number of halogens is 3. The van der Waals surface area contributed by atoms with E-state index in [2.05, 4.69) is 30.6 Å². The lowest BCUT2D eigenvalue weighted by Gasteiger charge is -2.29. The molecule has 6 aromatic rings. The molecule has 7 heterocycles. The molecule has 1 saturated heterocycles. The summed E-state index contributed by atoms with van der Waals surface area (Å²) in [6.07, 6.45) is 13.5. The maximum Gasteiger partial charge on any atom is 0.341 e. The van der Waals surface area contributed by atoms with Crippen molar-refractivity contribution >= 4 is 74.0 Å². The predicted octanol–water partition coefficient (Wildman–Crippen LogP) is 5.71. The molecular formula is C43H44ClF2N11O8. The van der Waals surface area contributed by atoms with Crippen LogP contribution in [0.25, 0.3) is 21.8 Å². The summed E-state index contributed by atoms with van der Waals surface area (Å²) >= 11 is 5.33. The van der Waals surface area contributed by atoms with Crippen LogP contribution in [-0.4, -0.2) is 89.6 Å². The number of aromatic nitrogens is 6. The molecule has 3 aliphatic heterocycles. The van der Waals surface area contributed by atoms with Crippen LogP contribution in [0, 0.1) is 11.6 Å². The zero-order valence-electron chi connectivity index (χ0n) is 35.1. The number of hydrogen-bond acceptors (Lipinski definition) is 15. The minimum Gasteiger partial charge on any atom is -0.487 e. The number of rotatable bonds is 7. The van der Waals surface area contributed by atoms with Crippen LogP contribution >= 0.6 is 11.6 Å². The van der Waals surface area contributed by atoms with Crippen molar-refractivity contribution in [2.45, 2.75) is 70.1 Å². The lowest BCUT2D eigenvalue weighted by molar-refractivity contribution is 0.0683. The number of ether oxygens (including phenoxy) is 2. The molecular weight excluding hydrogens is 872 g/mol.